The summed E-state index contributed by atoms with van der Waals surface area (Å²) < 4.78 is 0. The highest BCUT2D eigenvalue weighted by Gasteiger charge is 2.21. The van der Waals surface area contributed by atoms with Crippen molar-refractivity contribution in [3.63, 3.8) is 0 Å². The van der Waals surface area contributed by atoms with E-state index in [1.807, 2.05) is 6.26 Å². The van der Waals surface area contributed by atoms with E-state index < -0.39 is 0 Å². The van der Waals surface area contributed by atoms with E-state index in [0.717, 1.165) is 18.6 Å². The number of halogens is 1. The van der Waals surface area contributed by atoms with Crippen molar-refractivity contribution >= 4 is 30.1 Å². The van der Waals surface area contributed by atoms with Gasteiger partial charge in [-0.1, -0.05) is 27.7 Å². The molecule has 0 aromatic carbocycles. The molecule has 0 aliphatic carbocycles. The maximum atomic E-state index is 11.7. The largest absolute Gasteiger partial charge is 0.354 e. The highest BCUT2D eigenvalue weighted by molar-refractivity contribution is 7.98. The van der Waals surface area contributed by atoms with Crippen LogP contribution in [0.5, 0.6) is 0 Å². The predicted molar refractivity (Wildman–Crippen MR) is 84.5 cm³/mol. The first kappa shape index (κ1) is 20.4. The topological polar surface area (TPSA) is 55.1 Å². The molecule has 3 N–H and O–H groups in total. The number of hydrogen-bond donors (Lipinski definition) is 2. The van der Waals surface area contributed by atoms with Crippen molar-refractivity contribution in [1.29, 1.82) is 0 Å². The molecule has 0 saturated carbocycles. The van der Waals surface area contributed by atoms with Crippen LogP contribution in [0.15, 0.2) is 0 Å². The first-order valence-corrected chi connectivity index (χ1v) is 7.70. The number of thioether (sulfide) groups is 1. The third-order valence-corrected chi connectivity index (χ3v) is 3.32. The molecule has 0 fully saturated rings. The Hall–Kier alpha value is 0.0700. The standard InChI is InChI=1S/C13H28N2OS.ClH/c1-10(2)8-13(3,4)9-15-12(16)11(14)6-7-17-5;/h10-11H,6-9,14H2,1-5H3,(H,15,16);1H/t11-;/m0./s1. The molecule has 0 heterocycles. The van der Waals surface area contributed by atoms with E-state index in [1.54, 1.807) is 11.8 Å². The number of hydrogen-bond acceptors (Lipinski definition) is 3. The first-order chi connectivity index (χ1) is 7.78. The Bertz CT molecular complexity index is 235. The molecule has 18 heavy (non-hydrogen) atoms. The fourth-order valence-electron chi connectivity index (χ4n) is 2.01. The maximum Gasteiger partial charge on any atom is 0.236 e. The van der Waals surface area contributed by atoms with Gasteiger partial charge in [0.15, 0.2) is 0 Å². The Balaban J connectivity index is 0. The molecule has 0 unspecified atom stereocenters. The van der Waals surface area contributed by atoms with Crippen LogP contribution in [0, 0.1) is 11.3 Å². The van der Waals surface area contributed by atoms with Crippen LogP contribution < -0.4 is 11.1 Å². The highest BCUT2D eigenvalue weighted by atomic mass is 35.5. The predicted octanol–water partition coefficient (Wildman–Crippen LogP) is 2.68. The van der Waals surface area contributed by atoms with Crippen molar-refractivity contribution < 1.29 is 4.79 Å². The molecule has 3 nitrogen and oxygen atoms in total. The summed E-state index contributed by atoms with van der Waals surface area (Å²) in [6.45, 7) is 9.47. The summed E-state index contributed by atoms with van der Waals surface area (Å²) in [7, 11) is 0. The minimum absolute atomic E-state index is 0. The van der Waals surface area contributed by atoms with E-state index in [9.17, 15) is 4.79 Å². The van der Waals surface area contributed by atoms with Crippen LogP contribution in [0.2, 0.25) is 0 Å². The number of carbonyl (C=O) groups is 1. The monoisotopic (exact) mass is 296 g/mol. The quantitative estimate of drug-likeness (QED) is 0.724. The molecule has 0 spiro atoms. The van der Waals surface area contributed by atoms with Crippen molar-refractivity contribution in [2.45, 2.75) is 46.6 Å². The van der Waals surface area contributed by atoms with Gasteiger partial charge in [0.1, 0.15) is 0 Å². The van der Waals surface area contributed by atoms with Crippen LogP contribution in [-0.2, 0) is 4.79 Å². The van der Waals surface area contributed by atoms with Gasteiger partial charge < -0.3 is 11.1 Å². The van der Waals surface area contributed by atoms with Crippen LogP contribution in [0.1, 0.15) is 40.5 Å². The third kappa shape index (κ3) is 10.0. The Morgan fingerprint density at radius 1 is 1.39 bits per heavy atom. The summed E-state index contributed by atoms with van der Waals surface area (Å²) in [6.07, 6.45) is 3.88. The van der Waals surface area contributed by atoms with Gasteiger partial charge in [0.05, 0.1) is 6.04 Å². The third-order valence-electron chi connectivity index (χ3n) is 2.67. The molecule has 1 amide bonds. The zero-order valence-electron chi connectivity index (χ0n) is 12.3. The summed E-state index contributed by atoms with van der Waals surface area (Å²) in [4.78, 5) is 11.7. The Morgan fingerprint density at radius 3 is 2.39 bits per heavy atom. The van der Waals surface area contributed by atoms with Gasteiger partial charge >= 0.3 is 0 Å². The summed E-state index contributed by atoms with van der Waals surface area (Å²) in [5, 5.41) is 2.96. The maximum absolute atomic E-state index is 11.7. The highest BCUT2D eigenvalue weighted by Crippen LogP contribution is 2.24. The molecule has 0 bridgehead atoms. The zero-order chi connectivity index (χ0) is 13.5. The van der Waals surface area contributed by atoms with Crippen molar-refractivity contribution in [2.75, 3.05) is 18.6 Å². The average Bonchev–Trinajstić information content (AvgIpc) is 2.20. The number of carbonyl (C=O) groups excluding carboxylic acids is 1. The van der Waals surface area contributed by atoms with E-state index >= 15 is 0 Å². The smallest absolute Gasteiger partial charge is 0.236 e. The second-order valence-corrected chi connectivity index (χ2v) is 6.85. The van der Waals surface area contributed by atoms with E-state index in [1.165, 1.54) is 0 Å². The second-order valence-electron chi connectivity index (χ2n) is 5.87. The van der Waals surface area contributed by atoms with E-state index in [2.05, 4.69) is 33.0 Å². The van der Waals surface area contributed by atoms with Crippen molar-refractivity contribution in [2.24, 2.45) is 17.1 Å². The first-order valence-electron chi connectivity index (χ1n) is 6.30. The Kier molecular flexibility index (Phi) is 11.2. The van der Waals surface area contributed by atoms with Crippen molar-refractivity contribution in [3.05, 3.63) is 0 Å². The molecule has 0 saturated heterocycles. The molecule has 110 valence electrons. The van der Waals surface area contributed by atoms with Crippen molar-refractivity contribution in [3.8, 4) is 0 Å². The number of rotatable bonds is 8. The Labute approximate surface area is 122 Å². The SMILES string of the molecule is CSCC[C@H](N)C(=O)NCC(C)(C)CC(C)C.Cl. The minimum atomic E-state index is -0.364. The molecular weight excluding hydrogens is 268 g/mol. The van der Waals surface area contributed by atoms with Gasteiger partial charge in [-0.05, 0) is 36.2 Å². The minimum Gasteiger partial charge on any atom is -0.354 e. The van der Waals surface area contributed by atoms with Crippen LogP contribution in [0.4, 0.5) is 0 Å². The Morgan fingerprint density at radius 2 is 1.94 bits per heavy atom. The normalized spacial score (nSPS) is 13.1. The van der Waals surface area contributed by atoms with Gasteiger partial charge in [0, 0.05) is 6.54 Å². The number of nitrogens with two attached hydrogens (primary N) is 1. The fraction of sp³-hybridized carbons (Fsp3) is 0.923. The number of amides is 1. The van der Waals surface area contributed by atoms with Gasteiger partial charge in [-0.2, -0.15) is 11.8 Å². The van der Waals surface area contributed by atoms with Crippen LogP contribution in [0.25, 0.3) is 0 Å². The zero-order valence-corrected chi connectivity index (χ0v) is 13.9. The molecule has 5 heteroatoms. The molecule has 0 aliphatic heterocycles. The lowest BCUT2D eigenvalue weighted by Gasteiger charge is -2.27. The summed E-state index contributed by atoms with van der Waals surface area (Å²) in [6, 6.07) is -0.364. The second kappa shape index (κ2) is 9.93. The molecular formula is C13H29ClN2OS. The van der Waals surface area contributed by atoms with Crippen LogP contribution in [0.3, 0.4) is 0 Å². The lowest BCUT2D eigenvalue weighted by molar-refractivity contribution is -0.122. The molecule has 0 aliphatic rings. The lowest BCUT2D eigenvalue weighted by Crippen LogP contribution is -2.44. The molecule has 0 aromatic rings. The summed E-state index contributed by atoms with van der Waals surface area (Å²) in [5.41, 5.74) is 5.95. The van der Waals surface area contributed by atoms with Crippen molar-refractivity contribution in [1.82, 2.24) is 5.32 Å². The van der Waals surface area contributed by atoms with Gasteiger partial charge in [0.2, 0.25) is 5.91 Å². The fourth-order valence-corrected chi connectivity index (χ4v) is 2.50. The number of nitrogens with one attached hydrogen (secondary N) is 1. The van der Waals surface area contributed by atoms with E-state index in [0.29, 0.717) is 12.5 Å². The van der Waals surface area contributed by atoms with Gasteiger partial charge in [0.25, 0.3) is 0 Å². The van der Waals surface area contributed by atoms with E-state index in [-0.39, 0.29) is 29.8 Å². The van der Waals surface area contributed by atoms with Gasteiger partial charge in [-0.15, -0.1) is 12.4 Å². The van der Waals surface area contributed by atoms with Gasteiger partial charge in [-0.25, -0.2) is 0 Å². The van der Waals surface area contributed by atoms with Crippen LogP contribution in [-0.4, -0.2) is 30.5 Å². The van der Waals surface area contributed by atoms with E-state index in [4.69, 9.17) is 5.73 Å². The summed E-state index contributed by atoms with van der Waals surface area (Å²) >= 11 is 1.72. The molecule has 1 atom stereocenters. The molecule has 0 aromatic heterocycles. The lowest BCUT2D eigenvalue weighted by atomic mass is 9.84. The molecule has 0 radical (unpaired) electrons. The molecule has 0 rings (SSSR count). The summed E-state index contributed by atoms with van der Waals surface area (Å²) in [5.74, 6) is 1.56. The van der Waals surface area contributed by atoms with Gasteiger partial charge in [-0.3, -0.25) is 4.79 Å². The average molecular weight is 297 g/mol. The van der Waals surface area contributed by atoms with Crippen LogP contribution >= 0.6 is 24.2 Å².